The Bertz CT molecular complexity index is 873. The van der Waals surface area contributed by atoms with Crippen molar-refractivity contribution in [2.24, 2.45) is 5.92 Å². The van der Waals surface area contributed by atoms with Crippen molar-refractivity contribution in [3.63, 3.8) is 0 Å². The van der Waals surface area contributed by atoms with Crippen LogP contribution in [-0.4, -0.2) is 65.5 Å². The van der Waals surface area contributed by atoms with E-state index in [0.717, 1.165) is 29.0 Å². The van der Waals surface area contributed by atoms with Gasteiger partial charge in [0.15, 0.2) is 5.16 Å². The number of nitrogens with zero attached hydrogens (tertiary/aromatic N) is 3. The Morgan fingerprint density at radius 1 is 1.38 bits per heavy atom. The van der Waals surface area contributed by atoms with Crippen molar-refractivity contribution in [2.45, 2.75) is 31.5 Å². The number of likely N-dealkylation sites (tertiary alicyclic amines) is 1. The van der Waals surface area contributed by atoms with Gasteiger partial charge in [0, 0.05) is 31.8 Å². The number of ether oxygens (including phenoxy) is 2. The fourth-order valence-corrected chi connectivity index (χ4v) is 4.57. The average Bonchev–Trinajstić information content (AvgIpc) is 3.07. The Labute approximate surface area is 179 Å². The van der Waals surface area contributed by atoms with Crippen molar-refractivity contribution in [3.8, 4) is 0 Å². The molecule has 1 amide bonds. The number of piperidine rings is 1. The highest BCUT2D eigenvalue weighted by Gasteiger charge is 2.29. The van der Waals surface area contributed by atoms with Gasteiger partial charge in [0.2, 0.25) is 5.91 Å². The van der Waals surface area contributed by atoms with Crippen LogP contribution in [0.4, 0.5) is 0 Å². The molecular formula is C20H26ClN3O4S. The number of methoxy groups -OCH3 is 1. The van der Waals surface area contributed by atoms with Crippen LogP contribution in [0.15, 0.2) is 23.4 Å². The van der Waals surface area contributed by atoms with E-state index in [9.17, 15) is 9.59 Å². The van der Waals surface area contributed by atoms with Crippen LogP contribution in [-0.2, 0) is 25.6 Å². The van der Waals surface area contributed by atoms with Gasteiger partial charge in [-0.05, 0) is 38.0 Å². The highest BCUT2D eigenvalue weighted by Crippen LogP contribution is 2.27. The van der Waals surface area contributed by atoms with Crippen molar-refractivity contribution in [2.75, 3.05) is 39.2 Å². The SMILES string of the molecule is CCOC(=O)[C@@H]1CCCN(C(=O)CSc2nc3cc(Cl)ccc3n2CCOC)C1. The first-order valence-electron chi connectivity index (χ1n) is 9.75. The molecule has 0 saturated carbocycles. The number of halogens is 1. The minimum absolute atomic E-state index is 0.00683. The van der Waals surface area contributed by atoms with Gasteiger partial charge in [0.1, 0.15) is 0 Å². The lowest BCUT2D eigenvalue weighted by Gasteiger charge is -2.31. The highest BCUT2D eigenvalue weighted by molar-refractivity contribution is 7.99. The molecule has 1 aromatic heterocycles. The number of hydrogen-bond donors (Lipinski definition) is 0. The molecule has 1 atom stereocenters. The molecule has 1 aliphatic heterocycles. The van der Waals surface area contributed by atoms with Crippen molar-refractivity contribution >= 4 is 46.3 Å². The average molecular weight is 440 g/mol. The maximum Gasteiger partial charge on any atom is 0.310 e. The van der Waals surface area contributed by atoms with Gasteiger partial charge in [-0.1, -0.05) is 23.4 Å². The van der Waals surface area contributed by atoms with Crippen LogP contribution in [0.2, 0.25) is 5.02 Å². The van der Waals surface area contributed by atoms with Crippen LogP contribution < -0.4 is 0 Å². The zero-order valence-electron chi connectivity index (χ0n) is 16.7. The molecule has 158 valence electrons. The monoisotopic (exact) mass is 439 g/mol. The second kappa shape index (κ2) is 10.3. The third-order valence-corrected chi connectivity index (χ3v) is 6.11. The lowest BCUT2D eigenvalue weighted by molar-refractivity contribution is -0.151. The van der Waals surface area contributed by atoms with E-state index in [1.807, 2.05) is 22.8 Å². The van der Waals surface area contributed by atoms with Crippen LogP contribution in [0, 0.1) is 5.92 Å². The van der Waals surface area contributed by atoms with Crippen molar-refractivity contribution in [1.82, 2.24) is 14.5 Å². The second-order valence-electron chi connectivity index (χ2n) is 6.89. The maximum atomic E-state index is 12.8. The summed E-state index contributed by atoms with van der Waals surface area (Å²) in [5.41, 5.74) is 1.76. The van der Waals surface area contributed by atoms with Gasteiger partial charge in [0.05, 0.1) is 35.9 Å². The molecule has 0 bridgehead atoms. The molecule has 0 radical (unpaired) electrons. The lowest BCUT2D eigenvalue weighted by atomic mass is 9.98. The largest absolute Gasteiger partial charge is 0.466 e. The second-order valence-corrected chi connectivity index (χ2v) is 8.27. The molecule has 2 heterocycles. The first kappa shape index (κ1) is 21.9. The predicted octanol–water partition coefficient (Wildman–Crippen LogP) is 3.23. The van der Waals surface area contributed by atoms with Crippen LogP contribution in [0.5, 0.6) is 0 Å². The number of amides is 1. The number of rotatable bonds is 8. The zero-order valence-corrected chi connectivity index (χ0v) is 18.3. The molecule has 1 aliphatic rings. The van der Waals surface area contributed by atoms with Crippen molar-refractivity contribution in [1.29, 1.82) is 0 Å². The van der Waals surface area contributed by atoms with Crippen LogP contribution in [0.1, 0.15) is 19.8 Å². The summed E-state index contributed by atoms with van der Waals surface area (Å²) >= 11 is 7.49. The molecule has 3 rings (SSSR count). The van der Waals surface area contributed by atoms with Crippen LogP contribution in [0.25, 0.3) is 11.0 Å². The molecule has 29 heavy (non-hydrogen) atoms. The predicted molar refractivity (Wildman–Crippen MR) is 113 cm³/mol. The van der Waals surface area contributed by atoms with Crippen LogP contribution >= 0.6 is 23.4 Å². The van der Waals surface area contributed by atoms with Gasteiger partial charge < -0.3 is 18.9 Å². The summed E-state index contributed by atoms with van der Waals surface area (Å²) in [4.78, 5) is 31.2. The Balaban J connectivity index is 1.67. The van der Waals surface area contributed by atoms with E-state index in [0.29, 0.717) is 37.9 Å². The number of fused-ring (bicyclic) bond motifs is 1. The molecule has 2 aromatic rings. The van der Waals surface area contributed by atoms with E-state index >= 15 is 0 Å². The number of carbonyl (C=O) groups is 2. The molecule has 1 saturated heterocycles. The fraction of sp³-hybridized carbons (Fsp3) is 0.550. The maximum absolute atomic E-state index is 12.8. The molecule has 1 fully saturated rings. The van der Waals surface area contributed by atoms with E-state index in [1.165, 1.54) is 11.8 Å². The number of benzene rings is 1. The van der Waals surface area contributed by atoms with Crippen molar-refractivity contribution < 1.29 is 19.1 Å². The molecule has 1 aromatic carbocycles. The number of hydrogen-bond acceptors (Lipinski definition) is 6. The first-order valence-corrected chi connectivity index (χ1v) is 11.1. The minimum Gasteiger partial charge on any atom is -0.466 e. The number of esters is 1. The highest BCUT2D eigenvalue weighted by atomic mass is 35.5. The number of aromatic nitrogens is 2. The van der Waals surface area contributed by atoms with Gasteiger partial charge in [-0.3, -0.25) is 9.59 Å². The Morgan fingerprint density at radius 3 is 2.97 bits per heavy atom. The van der Waals surface area contributed by atoms with Gasteiger partial charge in [-0.2, -0.15) is 0 Å². The summed E-state index contributed by atoms with van der Waals surface area (Å²) in [6.07, 6.45) is 1.58. The summed E-state index contributed by atoms with van der Waals surface area (Å²) < 4.78 is 12.4. The topological polar surface area (TPSA) is 73.7 Å². The summed E-state index contributed by atoms with van der Waals surface area (Å²) in [5, 5.41) is 1.38. The summed E-state index contributed by atoms with van der Waals surface area (Å²) in [6.45, 7) is 4.44. The Hall–Kier alpha value is -1.77. The molecule has 0 aliphatic carbocycles. The van der Waals surface area contributed by atoms with Gasteiger partial charge in [0.25, 0.3) is 0 Å². The van der Waals surface area contributed by atoms with E-state index in [4.69, 9.17) is 21.1 Å². The van der Waals surface area contributed by atoms with Crippen molar-refractivity contribution in [3.05, 3.63) is 23.2 Å². The molecule has 9 heteroatoms. The minimum atomic E-state index is -0.230. The quantitative estimate of drug-likeness (QED) is 0.464. The van der Waals surface area contributed by atoms with Gasteiger partial charge in [-0.25, -0.2) is 4.98 Å². The Kier molecular flexibility index (Phi) is 7.80. The van der Waals surface area contributed by atoms with E-state index in [2.05, 4.69) is 4.98 Å². The van der Waals surface area contributed by atoms with Crippen LogP contribution in [0.3, 0.4) is 0 Å². The fourth-order valence-electron chi connectivity index (χ4n) is 3.46. The smallest absolute Gasteiger partial charge is 0.310 e. The molecule has 0 spiro atoms. The first-order chi connectivity index (χ1) is 14.0. The number of carbonyl (C=O) groups excluding carboxylic acids is 2. The summed E-state index contributed by atoms with van der Waals surface area (Å²) in [5.74, 6) is -0.172. The number of imidazole rings is 1. The van der Waals surface area contributed by atoms with E-state index < -0.39 is 0 Å². The third kappa shape index (κ3) is 5.43. The normalized spacial score (nSPS) is 16.9. The summed E-state index contributed by atoms with van der Waals surface area (Å²) in [6, 6.07) is 5.58. The van der Waals surface area contributed by atoms with Gasteiger partial charge >= 0.3 is 5.97 Å². The molecule has 0 unspecified atom stereocenters. The number of thioether (sulfide) groups is 1. The molecular weight excluding hydrogens is 414 g/mol. The zero-order chi connectivity index (χ0) is 20.8. The molecule has 0 N–H and O–H groups in total. The van der Waals surface area contributed by atoms with E-state index in [1.54, 1.807) is 18.9 Å². The van der Waals surface area contributed by atoms with Gasteiger partial charge in [-0.15, -0.1) is 0 Å². The van der Waals surface area contributed by atoms with E-state index in [-0.39, 0.29) is 23.5 Å². The molecule has 7 nitrogen and oxygen atoms in total. The third-order valence-electron chi connectivity index (χ3n) is 4.91. The summed E-state index contributed by atoms with van der Waals surface area (Å²) in [7, 11) is 1.66. The Morgan fingerprint density at radius 2 is 2.21 bits per heavy atom. The lowest BCUT2D eigenvalue weighted by Crippen LogP contribution is -2.43. The standard InChI is InChI=1S/C20H26ClN3O4S/c1-3-28-19(26)14-5-4-8-23(12-14)18(25)13-29-20-22-16-11-15(21)6-7-17(16)24(20)9-10-27-2/h6-7,11,14H,3-5,8-10,12-13H2,1-2H3/t14-/m1/s1.